The van der Waals surface area contributed by atoms with Crippen LogP contribution in [-0.2, 0) is 11.2 Å². The van der Waals surface area contributed by atoms with Crippen molar-refractivity contribution in [3.63, 3.8) is 0 Å². The van der Waals surface area contributed by atoms with E-state index >= 15 is 0 Å². The van der Waals surface area contributed by atoms with Crippen LogP contribution in [0.2, 0.25) is 0 Å². The zero-order valence-electron chi connectivity index (χ0n) is 9.88. The van der Waals surface area contributed by atoms with Crippen LogP contribution in [0.25, 0.3) is 0 Å². The van der Waals surface area contributed by atoms with Crippen molar-refractivity contribution in [2.45, 2.75) is 26.2 Å². The molecule has 2 N–H and O–H groups in total. The molecule has 4 heteroatoms. The number of halogens is 2. The van der Waals surface area contributed by atoms with Crippen molar-refractivity contribution in [1.29, 1.82) is 0 Å². The number of nitrogens with two attached hydrogens (primary N) is 1. The Hall–Kier alpha value is -1.29. The van der Waals surface area contributed by atoms with Crippen LogP contribution in [0.3, 0.4) is 0 Å². The van der Waals surface area contributed by atoms with Crippen LogP contribution in [0.15, 0.2) is 18.2 Å². The molecule has 1 aromatic carbocycles. The lowest BCUT2D eigenvalue weighted by atomic mass is 10.00. The number of carbonyl (C=O) groups excluding carboxylic acids is 1. The zero-order chi connectivity index (χ0) is 12.8. The first kappa shape index (κ1) is 13.8. The molecular formula is C13H17F2NO. The quantitative estimate of drug-likeness (QED) is 0.831. The van der Waals surface area contributed by atoms with Crippen molar-refractivity contribution >= 4 is 5.78 Å². The van der Waals surface area contributed by atoms with E-state index in [1.165, 1.54) is 6.07 Å². The fourth-order valence-electron chi connectivity index (χ4n) is 1.49. The molecule has 0 radical (unpaired) electrons. The lowest BCUT2D eigenvalue weighted by Gasteiger charge is -2.07. The summed E-state index contributed by atoms with van der Waals surface area (Å²) in [5, 5.41) is 0. The van der Waals surface area contributed by atoms with E-state index in [2.05, 4.69) is 0 Å². The first-order chi connectivity index (χ1) is 8.02. The average Bonchev–Trinajstić information content (AvgIpc) is 2.31. The van der Waals surface area contributed by atoms with Gasteiger partial charge in [-0.15, -0.1) is 0 Å². The summed E-state index contributed by atoms with van der Waals surface area (Å²) in [7, 11) is 0. The van der Waals surface area contributed by atoms with Gasteiger partial charge in [-0.1, -0.05) is 13.0 Å². The van der Waals surface area contributed by atoms with Gasteiger partial charge in [-0.05, 0) is 36.6 Å². The minimum absolute atomic E-state index is 0.0244. The van der Waals surface area contributed by atoms with Gasteiger partial charge in [-0.2, -0.15) is 0 Å². The summed E-state index contributed by atoms with van der Waals surface area (Å²) >= 11 is 0. The number of ketones is 1. The lowest BCUT2D eigenvalue weighted by Crippen LogP contribution is -2.13. The van der Waals surface area contributed by atoms with Gasteiger partial charge >= 0.3 is 0 Å². The maximum Gasteiger partial charge on any atom is 0.159 e. The Kier molecular flexibility index (Phi) is 5.22. The largest absolute Gasteiger partial charge is 0.330 e. The summed E-state index contributed by atoms with van der Waals surface area (Å²) in [6, 6.07) is 3.54. The van der Waals surface area contributed by atoms with Crippen molar-refractivity contribution in [1.82, 2.24) is 0 Å². The van der Waals surface area contributed by atoms with Crippen LogP contribution < -0.4 is 5.73 Å². The Morgan fingerprint density at radius 2 is 2.06 bits per heavy atom. The number of rotatable bonds is 6. The molecule has 0 bridgehead atoms. The number of carbonyl (C=O) groups is 1. The Balaban J connectivity index is 2.48. The van der Waals surface area contributed by atoms with E-state index in [4.69, 9.17) is 5.73 Å². The van der Waals surface area contributed by atoms with Crippen molar-refractivity contribution < 1.29 is 13.6 Å². The van der Waals surface area contributed by atoms with E-state index in [1.807, 2.05) is 6.92 Å². The fraction of sp³-hybridized carbons (Fsp3) is 0.462. The van der Waals surface area contributed by atoms with Gasteiger partial charge in [0.2, 0.25) is 0 Å². The highest BCUT2D eigenvalue weighted by Gasteiger charge is 2.09. The highest BCUT2D eigenvalue weighted by atomic mass is 19.2. The maximum atomic E-state index is 12.9. The third kappa shape index (κ3) is 4.61. The molecule has 0 aromatic heterocycles. The van der Waals surface area contributed by atoms with Gasteiger partial charge in [0.25, 0.3) is 0 Å². The van der Waals surface area contributed by atoms with Crippen LogP contribution in [-0.4, -0.2) is 12.3 Å². The molecule has 0 aliphatic heterocycles. The molecule has 0 saturated heterocycles. The van der Waals surface area contributed by atoms with Crippen LogP contribution in [0.4, 0.5) is 8.78 Å². The first-order valence-corrected chi connectivity index (χ1v) is 5.68. The Morgan fingerprint density at radius 1 is 1.35 bits per heavy atom. The molecule has 2 nitrogen and oxygen atoms in total. The maximum absolute atomic E-state index is 12.9. The van der Waals surface area contributed by atoms with Gasteiger partial charge in [0, 0.05) is 12.8 Å². The van der Waals surface area contributed by atoms with Gasteiger partial charge in [0.15, 0.2) is 11.6 Å². The third-order valence-corrected chi connectivity index (χ3v) is 2.70. The minimum Gasteiger partial charge on any atom is -0.330 e. The molecule has 1 aromatic rings. The van der Waals surface area contributed by atoms with Crippen LogP contribution in [0.5, 0.6) is 0 Å². The van der Waals surface area contributed by atoms with E-state index in [-0.39, 0.29) is 12.2 Å². The van der Waals surface area contributed by atoms with E-state index < -0.39 is 11.6 Å². The van der Waals surface area contributed by atoms with Gasteiger partial charge in [-0.25, -0.2) is 8.78 Å². The average molecular weight is 241 g/mol. The monoisotopic (exact) mass is 241 g/mol. The molecule has 0 aliphatic rings. The van der Waals surface area contributed by atoms with E-state index in [9.17, 15) is 13.6 Å². The predicted molar refractivity (Wildman–Crippen MR) is 62.5 cm³/mol. The van der Waals surface area contributed by atoms with Crippen molar-refractivity contribution in [3.8, 4) is 0 Å². The normalized spacial score (nSPS) is 12.5. The molecule has 0 heterocycles. The third-order valence-electron chi connectivity index (χ3n) is 2.70. The molecular weight excluding hydrogens is 224 g/mol. The van der Waals surface area contributed by atoms with E-state index in [1.54, 1.807) is 0 Å². The van der Waals surface area contributed by atoms with Crippen LogP contribution in [0.1, 0.15) is 25.3 Å². The molecule has 0 spiro atoms. The Morgan fingerprint density at radius 3 is 2.65 bits per heavy atom. The van der Waals surface area contributed by atoms with Gasteiger partial charge < -0.3 is 5.73 Å². The topological polar surface area (TPSA) is 43.1 Å². The molecule has 17 heavy (non-hydrogen) atoms. The number of hydrogen-bond acceptors (Lipinski definition) is 2. The number of benzene rings is 1. The molecule has 0 amide bonds. The van der Waals surface area contributed by atoms with Crippen molar-refractivity contribution in [2.24, 2.45) is 11.7 Å². The summed E-state index contributed by atoms with van der Waals surface area (Å²) in [5.74, 6) is -1.47. The van der Waals surface area contributed by atoms with Gasteiger partial charge in [0.1, 0.15) is 5.78 Å². The zero-order valence-corrected chi connectivity index (χ0v) is 9.88. The summed E-state index contributed by atoms with van der Waals surface area (Å²) in [6.45, 7) is 2.53. The number of hydrogen-bond donors (Lipinski definition) is 1. The van der Waals surface area contributed by atoms with Crippen molar-refractivity contribution in [3.05, 3.63) is 35.4 Å². The molecule has 1 rings (SSSR count). The Bertz CT molecular complexity index is 393. The molecule has 1 atom stereocenters. The predicted octanol–water partition coefficient (Wildman–Crippen LogP) is 2.45. The van der Waals surface area contributed by atoms with Gasteiger partial charge in [0.05, 0.1) is 0 Å². The lowest BCUT2D eigenvalue weighted by molar-refractivity contribution is -0.118. The highest BCUT2D eigenvalue weighted by molar-refractivity contribution is 5.80. The van der Waals surface area contributed by atoms with E-state index in [0.29, 0.717) is 24.4 Å². The molecule has 0 fully saturated rings. The van der Waals surface area contributed by atoms with Crippen molar-refractivity contribution in [2.75, 3.05) is 6.54 Å². The summed E-state index contributed by atoms with van der Waals surface area (Å²) in [6.07, 6.45) is 1.31. The standard InChI is InChI=1S/C13H17F2NO/c1-9(8-16)2-4-11(17)6-10-3-5-12(14)13(15)7-10/h3,5,7,9H,2,4,6,8,16H2,1H3. The molecule has 94 valence electrons. The number of Topliss-reactive ketones (excluding diaryl/α,β-unsaturated/α-hetero) is 1. The second kappa shape index (κ2) is 6.45. The second-order valence-electron chi connectivity index (χ2n) is 4.34. The minimum atomic E-state index is -0.911. The second-order valence-corrected chi connectivity index (χ2v) is 4.34. The van der Waals surface area contributed by atoms with Gasteiger partial charge in [-0.3, -0.25) is 4.79 Å². The first-order valence-electron chi connectivity index (χ1n) is 5.68. The van der Waals surface area contributed by atoms with Crippen LogP contribution in [0, 0.1) is 17.6 Å². The SMILES string of the molecule is CC(CN)CCC(=O)Cc1ccc(F)c(F)c1. The molecule has 0 saturated carbocycles. The molecule has 1 unspecified atom stereocenters. The van der Waals surface area contributed by atoms with E-state index in [0.717, 1.165) is 18.6 Å². The summed E-state index contributed by atoms with van der Waals surface area (Å²) < 4.78 is 25.6. The molecule has 0 aliphatic carbocycles. The summed E-state index contributed by atoms with van der Waals surface area (Å²) in [4.78, 5) is 11.6. The van der Waals surface area contributed by atoms with Crippen LogP contribution >= 0.6 is 0 Å². The summed E-state index contributed by atoms with van der Waals surface area (Å²) in [5.41, 5.74) is 5.95. The Labute approximate surface area is 99.8 Å². The smallest absolute Gasteiger partial charge is 0.159 e. The fourth-order valence-corrected chi connectivity index (χ4v) is 1.49. The highest BCUT2D eigenvalue weighted by Crippen LogP contribution is 2.11.